The lowest BCUT2D eigenvalue weighted by molar-refractivity contribution is -0.178. The summed E-state index contributed by atoms with van der Waals surface area (Å²) in [7, 11) is 3.43. The van der Waals surface area contributed by atoms with Gasteiger partial charge in [0.05, 0.1) is 61.8 Å². The summed E-state index contributed by atoms with van der Waals surface area (Å²) in [6.07, 6.45) is -1.36. The molecule has 4 heterocycles. The summed E-state index contributed by atoms with van der Waals surface area (Å²) in [5.41, 5.74) is 0.316. The molecule has 0 bridgehead atoms. The van der Waals surface area contributed by atoms with E-state index in [0.717, 1.165) is 23.8 Å². The molecule has 1 aromatic heterocycles. The SMILES string of the molecule is COC(=O)C(CC#Cc1ccc2c(c1)C1(C(=O)N2C(=O)NC(C(=O)OC)C(C)C)C(C(=O)Nc2nc3ccccc3s2)C2C(=O)OC(c3ccccc3)C(c3ccccc3)N2C1c1ccc(OCCO)cc1)C(=O)OC. The fourth-order valence-corrected chi connectivity index (χ4v) is 11.5. The number of esters is 4. The van der Waals surface area contributed by atoms with Gasteiger partial charge in [-0.3, -0.25) is 28.9 Å². The number of aliphatic hydroxyl groups is 1. The molecule has 2 saturated heterocycles. The Morgan fingerprint density at radius 1 is 0.789 bits per heavy atom. The number of benzene rings is 5. The molecule has 7 atom stereocenters. The molecular weight excluding hydrogens is 995 g/mol. The number of nitrogens with zero attached hydrogens (tertiary/aromatic N) is 3. The zero-order valence-corrected chi connectivity index (χ0v) is 42.8. The molecule has 0 radical (unpaired) electrons. The first-order chi connectivity index (χ1) is 36.8. The molecule has 3 aliphatic rings. The van der Waals surface area contributed by atoms with Gasteiger partial charge in [0.25, 0.3) is 0 Å². The maximum absolute atomic E-state index is 16.8. The number of rotatable bonds is 14. The van der Waals surface area contributed by atoms with Gasteiger partial charge in [-0.15, -0.1) is 0 Å². The van der Waals surface area contributed by atoms with Crippen molar-refractivity contribution in [3.05, 3.63) is 155 Å². The number of hydrogen-bond acceptors (Lipinski definition) is 16. The Labute approximate surface area is 441 Å². The molecule has 390 valence electrons. The summed E-state index contributed by atoms with van der Waals surface area (Å²) in [5.74, 6) is -2.53. The van der Waals surface area contributed by atoms with E-state index in [1.807, 2.05) is 77.7 Å². The van der Waals surface area contributed by atoms with Crippen LogP contribution in [0.25, 0.3) is 10.2 Å². The summed E-state index contributed by atoms with van der Waals surface area (Å²) in [6, 6.07) is 30.8. The van der Waals surface area contributed by atoms with Crippen molar-refractivity contribution < 1.29 is 62.4 Å². The first-order valence-electron chi connectivity index (χ1n) is 24.4. The van der Waals surface area contributed by atoms with E-state index in [1.54, 1.807) is 56.3 Å². The number of aliphatic hydroxyl groups excluding tert-OH is 1. The lowest BCUT2D eigenvalue weighted by atomic mass is 9.65. The monoisotopic (exact) mass is 1050 g/mol. The van der Waals surface area contributed by atoms with Gasteiger partial charge in [-0.25, -0.2) is 19.5 Å². The second-order valence-electron chi connectivity index (χ2n) is 18.6. The van der Waals surface area contributed by atoms with Crippen molar-refractivity contribution in [3.63, 3.8) is 0 Å². The van der Waals surface area contributed by atoms with Crippen molar-refractivity contribution in [1.29, 1.82) is 0 Å². The van der Waals surface area contributed by atoms with Crippen LogP contribution >= 0.6 is 11.3 Å². The van der Waals surface area contributed by atoms with Gasteiger partial charge < -0.3 is 39.4 Å². The van der Waals surface area contributed by atoms with Gasteiger partial charge >= 0.3 is 29.9 Å². The number of methoxy groups -OCH3 is 3. The highest BCUT2D eigenvalue weighted by atomic mass is 32.1. The number of thiazole rings is 1. The van der Waals surface area contributed by atoms with Crippen LogP contribution < -0.4 is 20.3 Å². The number of nitrogens with one attached hydrogen (secondary N) is 2. The van der Waals surface area contributed by atoms with Gasteiger partial charge in [0, 0.05) is 12.0 Å². The average molecular weight is 1050 g/mol. The van der Waals surface area contributed by atoms with Crippen molar-refractivity contribution in [3.8, 4) is 17.6 Å². The fraction of sp³-hybridized carbons (Fsp3) is 0.298. The maximum Gasteiger partial charge on any atom is 0.329 e. The van der Waals surface area contributed by atoms with E-state index in [1.165, 1.54) is 30.6 Å². The van der Waals surface area contributed by atoms with Crippen molar-refractivity contribution >= 4 is 74.1 Å². The van der Waals surface area contributed by atoms with Crippen LogP contribution in [0, 0.1) is 29.6 Å². The zero-order valence-electron chi connectivity index (χ0n) is 42.0. The molecule has 5 aromatic carbocycles. The van der Waals surface area contributed by atoms with Crippen LogP contribution in [-0.4, -0.2) is 103 Å². The van der Waals surface area contributed by atoms with Crippen LogP contribution in [0.5, 0.6) is 5.75 Å². The summed E-state index contributed by atoms with van der Waals surface area (Å²) in [5, 5.41) is 15.5. The number of fused-ring (bicyclic) bond motifs is 4. The minimum atomic E-state index is -2.26. The van der Waals surface area contributed by atoms with E-state index >= 15 is 19.2 Å². The first-order valence-corrected chi connectivity index (χ1v) is 25.2. The third kappa shape index (κ3) is 9.50. The van der Waals surface area contributed by atoms with Crippen LogP contribution in [0.1, 0.15) is 66.3 Å². The zero-order chi connectivity index (χ0) is 53.8. The Kier molecular flexibility index (Phi) is 15.3. The van der Waals surface area contributed by atoms with Gasteiger partial charge in [-0.2, -0.15) is 0 Å². The Bertz CT molecular complexity index is 3220. The third-order valence-electron chi connectivity index (χ3n) is 13.9. The van der Waals surface area contributed by atoms with E-state index in [0.29, 0.717) is 28.0 Å². The Morgan fingerprint density at radius 2 is 1.43 bits per heavy atom. The molecule has 0 saturated carbocycles. The van der Waals surface area contributed by atoms with E-state index < -0.39 is 95.2 Å². The van der Waals surface area contributed by atoms with Crippen molar-refractivity contribution in [2.45, 2.75) is 56.0 Å². The van der Waals surface area contributed by atoms with Gasteiger partial charge in [-0.05, 0) is 70.6 Å². The van der Waals surface area contributed by atoms with Crippen molar-refractivity contribution in [2.75, 3.05) is 44.8 Å². The van der Waals surface area contributed by atoms with Crippen LogP contribution in [0.15, 0.2) is 127 Å². The van der Waals surface area contributed by atoms with Crippen molar-refractivity contribution in [2.24, 2.45) is 17.8 Å². The normalized spacial score (nSPS) is 21.0. The number of urea groups is 1. The summed E-state index contributed by atoms with van der Waals surface area (Å²) in [4.78, 5) is 110. The molecule has 6 aromatic rings. The Balaban J connectivity index is 1.35. The number of hydrogen-bond donors (Lipinski definition) is 3. The number of aromatic nitrogens is 1. The molecule has 19 heteroatoms. The lowest BCUT2D eigenvalue weighted by Crippen LogP contribution is -2.57. The van der Waals surface area contributed by atoms with E-state index in [2.05, 4.69) is 22.5 Å². The van der Waals surface area contributed by atoms with Gasteiger partial charge in [0.1, 0.15) is 36.0 Å². The van der Waals surface area contributed by atoms with Crippen molar-refractivity contribution in [1.82, 2.24) is 15.2 Å². The molecule has 18 nitrogen and oxygen atoms in total. The minimum absolute atomic E-state index is 0.00260. The fourth-order valence-electron chi connectivity index (χ4n) is 10.6. The van der Waals surface area contributed by atoms with Gasteiger partial charge in [0.15, 0.2) is 11.0 Å². The number of carbonyl (C=O) groups is 7. The molecular formula is C57H53N5O13S. The number of para-hydroxylation sites is 1. The molecule has 3 N–H and O–H groups in total. The Morgan fingerprint density at radius 3 is 2.07 bits per heavy atom. The topological polar surface area (TPSA) is 229 Å². The van der Waals surface area contributed by atoms with E-state index in [4.69, 9.17) is 28.7 Å². The van der Waals surface area contributed by atoms with Crippen LogP contribution in [0.4, 0.5) is 15.6 Å². The number of ether oxygens (including phenoxy) is 5. The number of cyclic esters (lactones) is 1. The molecule has 7 unspecified atom stereocenters. The number of amides is 4. The molecule has 3 aliphatic heterocycles. The smallest absolute Gasteiger partial charge is 0.329 e. The number of morpholine rings is 1. The first kappa shape index (κ1) is 52.4. The summed E-state index contributed by atoms with van der Waals surface area (Å²) >= 11 is 1.18. The Hall–Kier alpha value is -8.44. The molecule has 2 fully saturated rings. The second kappa shape index (κ2) is 22.2. The molecule has 76 heavy (non-hydrogen) atoms. The van der Waals surface area contributed by atoms with Crippen LogP contribution in [0.2, 0.25) is 0 Å². The van der Waals surface area contributed by atoms with E-state index in [9.17, 15) is 19.5 Å². The van der Waals surface area contributed by atoms with Crippen LogP contribution in [-0.2, 0) is 53.1 Å². The number of imide groups is 1. The van der Waals surface area contributed by atoms with Crippen LogP contribution in [0.3, 0.4) is 0 Å². The molecule has 1 spiro atoms. The largest absolute Gasteiger partial charge is 0.491 e. The third-order valence-corrected chi connectivity index (χ3v) is 14.9. The predicted molar refractivity (Wildman–Crippen MR) is 277 cm³/mol. The summed E-state index contributed by atoms with van der Waals surface area (Å²) < 4.78 is 27.9. The predicted octanol–water partition coefficient (Wildman–Crippen LogP) is 6.58. The van der Waals surface area contributed by atoms with E-state index in [-0.39, 0.29) is 41.6 Å². The highest BCUT2D eigenvalue weighted by Gasteiger charge is 2.75. The van der Waals surface area contributed by atoms with Gasteiger partial charge in [-0.1, -0.05) is 122 Å². The highest BCUT2D eigenvalue weighted by Crippen LogP contribution is 2.66. The standard InChI is InChI=1S/C57H53N5O13S/c1-32(2)44(52(67)73-5)59-56(70)61-41-28-23-33(15-14-20-38(50(65)71-3)51(66)72-4)31-39(41)57(54(61)69)43(49(64)60-55-58-40-21-12-13-22-42(40)76-55)46-53(68)75-47(35-18-10-7-11-19-35)45(34-16-8-6-9-17-34)62(46)48(57)36-24-26-37(27-25-36)74-30-29-63/h6-13,16-19,21-28,31-32,38,43-48,63H,20,29-30H2,1-5H3,(H,59,70)(H,58,60,64). The molecule has 4 amide bonds. The maximum atomic E-state index is 16.8. The second-order valence-corrected chi connectivity index (χ2v) is 19.6. The number of carbonyl (C=O) groups excluding carboxylic acids is 7. The quantitative estimate of drug-likeness (QED) is 0.0453. The lowest BCUT2D eigenvalue weighted by Gasteiger charge is -2.46. The molecule has 0 aliphatic carbocycles. The molecule has 9 rings (SSSR count). The number of anilines is 2. The summed E-state index contributed by atoms with van der Waals surface area (Å²) in [6.45, 7) is 3.08. The minimum Gasteiger partial charge on any atom is -0.491 e. The highest BCUT2D eigenvalue weighted by molar-refractivity contribution is 7.22. The average Bonchev–Trinajstić information content (AvgIpc) is 4.29. The van der Waals surface area contributed by atoms with Gasteiger partial charge in [0.2, 0.25) is 11.8 Å².